The lowest BCUT2D eigenvalue weighted by atomic mass is 10.0. The van der Waals surface area contributed by atoms with Crippen molar-refractivity contribution >= 4 is 17.9 Å². The molecule has 0 bridgehead atoms. The Balaban J connectivity index is 1.15. The monoisotopic (exact) mass is 509 g/mol. The average molecular weight is 510 g/mol. The third kappa shape index (κ3) is 8.42. The van der Waals surface area contributed by atoms with Gasteiger partial charge in [-0.3, -0.25) is 14.5 Å². The number of aryl methyl sites for hydroxylation is 2. The number of nitrogens with zero attached hydrogens (tertiary/aromatic N) is 2. The van der Waals surface area contributed by atoms with Gasteiger partial charge < -0.3 is 10.2 Å². The van der Waals surface area contributed by atoms with Gasteiger partial charge in [-0.2, -0.15) is 0 Å². The second-order valence-corrected chi connectivity index (χ2v) is 9.98. The van der Waals surface area contributed by atoms with Gasteiger partial charge in [0.15, 0.2) is 0 Å². The number of unbranched alkanes of at least 4 members (excludes halogenated alkanes) is 1. The quantitative estimate of drug-likeness (QED) is 0.370. The van der Waals surface area contributed by atoms with E-state index in [0.717, 1.165) is 69.5 Å². The van der Waals surface area contributed by atoms with Gasteiger partial charge in [0.05, 0.1) is 6.42 Å². The maximum atomic E-state index is 13.0. The van der Waals surface area contributed by atoms with Crippen molar-refractivity contribution in [3.8, 4) is 0 Å². The molecule has 0 unspecified atom stereocenters. The molecule has 198 valence electrons. The highest BCUT2D eigenvalue weighted by atomic mass is 16.2. The smallest absolute Gasteiger partial charge is 0.253 e. The number of hydrogen-bond acceptors (Lipinski definition) is 3. The van der Waals surface area contributed by atoms with Gasteiger partial charge in [-0.15, -0.1) is 0 Å². The fraction of sp³-hybridized carbons (Fsp3) is 0.333. The van der Waals surface area contributed by atoms with Crippen LogP contribution < -0.4 is 5.32 Å². The van der Waals surface area contributed by atoms with E-state index in [0.29, 0.717) is 6.42 Å². The summed E-state index contributed by atoms with van der Waals surface area (Å²) in [5.41, 5.74) is 5.62. The zero-order valence-electron chi connectivity index (χ0n) is 22.4. The van der Waals surface area contributed by atoms with Crippen molar-refractivity contribution < 1.29 is 9.59 Å². The number of amides is 2. The van der Waals surface area contributed by atoms with Crippen LogP contribution in [0.3, 0.4) is 0 Å². The molecule has 1 heterocycles. The summed E-state index contributed by atoms with van der Waals surface area (Å²) >= 11 is 0. The standard InChI is InChI=1S/C33H39N3O2/c1-34-32(37)26-30-15-13-28(14-16-30)10-5-6-11-29-17-19-31(20-18-29)33(38)36-24-22-35(23-25-36)21-7-12-27-8-3-2-4-9-27/h2-4,7-9,12-20H,5-6,10-11,21-26H2,1H3,(H,34,37)/b12-7+. The molecule has 0 saturated carbocycles. The maximum absolute atomic E-state index is 13.0. The molecule has 38 heavy (non-hydrogen) atoms. The second kappa shape index (κ2) is 14.3. The first-order valence-corrected chi connectivity index (χ1v) is 13.7. The minimum absolute atomic E-state index is 0.0378. The largest absolute Gasteiger partial charge is 0.359 e. The summed E-state index contributed by atoms with van der Waals surface area (Å²) in [6.45, 7) is 4.26. The normalized spacial score (nSPS) is 14.1. The molecule has 1 fully saturated rings. The molecular formula is C33H39N3O2. The summed E-state index contributed by atoms with van der Waals surface area (Å²) in [4.78, 5) is 28.9. The van der Waals surface area contributed by atoms with Crippen molar-refractivity contribution in [1.29, 1.82) is 0 Å². The third-order valence-electron chi connectivity index (χ3n) is 7.18. The lowest BCUT2D eigenvalue weighted by molar-refractivity contribution is -0.119. The van der Waals surface area contributed by atoms with E-state index < -0.39 is 0 Å². The Morgan fingerprint density at radius 3 is 1.95 bits per heavy atom. The average Bonchev–Trinajstić information content (AvgIpc) is 2.97. The van der Waals surface area contributed by atoms with Gasteiger partial charge in [-0.1, -0.05) is 78.9 Å². The van der Waals surface area contributed by atoms with Gasteiger partial charge in [0.2, 0.25) is 5.91 Å². The molecule has 5 heteroatoms. The molecule has 5 nitrogen and oxygen atoms in total. The fourth-order valence-corrected chi connectivity index (χ4v) is 4.79. The number of benzene rings is 3. The maximum Gasteiger partial charge on any atom is 0.253 e. The van der Waals surface area contributed by atoms with E-state index in [1.807, 2.05) is 35.2 Å². The molecule has 0 aliphatic carbocycles. The van der Waals surface area contributed by atoms with E-state index in [1.165, 1.54) is 16.7 Å². The van der Waals surface area contributed by atoms with Crippen LogP contribution in [0.4, 0.5) is 0 Å². The number of rotatable bonds is 11. The summed E-state index contributed by atoms with van der Waals surface area (Å²) in [5, 5.41) is 2.66. The van der Waals surface area contributed by atoms with Gasteiger partial charge in [0.25, 0.3) is 5.91 Å². The molecule has 3 aromatic carbocycles. The molecule has 0 atom stereocenters. The van der Waals surface area contributed by atoms with Crippen LogP contribution in [0, 0.1) is 0 Å². The molecule has 1 N–H and O–H groups in total. The molecule has 1 aliphatic rings. The number of carbonyl (C=O) groups is 2. The van der Waals surface area contributed by atoms with Crippen LogP contribution in [0.2, 0.25) is 0 Å². The van der Waals surface area contributed by atoms with Gasteiger partial charge in [0, 0.05) is 45.3 Å². The van der Waals surface area contributed by atoms with Gasteiger partial charge in [-0.05, 0) is 60.1 Å². The van der Waals surface area contributed by atoms with E-state index in [1.54, 1.807) is 7.05 Å². The Labute approximate surface area is 227 Å². The second-order valence-electron chi connectivity index (χ2n) is 9.98. The predicted octanol–water partition coefficient (Wildman–Crippen LogP) is 5.01. The summed E-state index contributed by atoms with van der Waals surface area (Å²) in [6, 6.07) is 26.9. The Morgan fingerprint density at radius 2 is 1.34 bits per heavy atom. The van der Waals surface area contributed by atoms with E-state index >= 15 is 0 Å². The number of likely N-dealkylation sites (N-methyl/N-ethyl adjacent to an activating group) is 1. The number of nitrogens with one attached hydrogen (secondary N) is 1. The highest BCUT2D eigenvalue weighted by Crippen LogP contribution is 2.14. The molecule has 1 saturated heterocycles. The van der Waals surface area contributed by atoms with Crippen molar-refractivity contribution in [3.63, 3.8) is 0 Å². The predicted molar refractivity (Wildman–Crippen MR) is 155 cm³/mol. The van der Waals surface area contributed by atoms with Gasteiger partial charge in [-0.25, -0.2) is 0 Å². The Morgan fingerprint density at radius 1 is 0.763 bits per heavy atom. The first-order chi connectivity index (χ1) is 18.6. The molecule has 1 aliphatic heterocycles. The summed E-state index contributed by atoms with van der Waals surface area (Å²) in [7, 11) is 1.66. The van der Waals surface area contributed by atoms with Crippen LogP contribution in [0.1, 0.15) is 45.5 Å². The molecule has 0 aromatic heterocycles. The van der Waals surface area contributed by atoms with Crippen molar-refractivity contribution in [2.45, 2.75) is 32.1 Å². The van der Waals surface area contributed by atoms with Crippen molar-refractivity contribution in [2.75, 3.05) is 39.8 Å². The number of piperazine rings is 1. The van der Waals surface area contributed by atoms with E-state index in [-0.39, 0.29) is 11.8 Å². The van der Waals surface area contributed by atoms with Crippen LogP contribution in [0.25, 0.3) is 6.08 Å². The lowest BCUT2D eigenvalue weighted by Gasteiger charge is -2.34. The van der Waals surface area contributed by atoms with E-state index in [9.17, 15) is 9.59 Å². The molecule has 2 amide bonds. The van der Waals surface area contributed by atoms with Crippen molar-refractivity contribution in [1.82, 2.24) is 15.1 Å². The van der Waals surface area contributed by atoms with Gasteiger partial charge in [0.1, 0.15) is 0 Å². The minimum atomic E-state index is 0.0378. The minimum Gasteiger partial charge on any atom is -0.359 e. The lowest BCUT2D eigenvalue weighted by Crippen LogP contribution is -2.48. The molecule has 0 spiro atoms. The first kappa shape index (κ1) is 27.3. The molecular weight excluding hydrogens is 470 g/mol. The van der Waals surface area contributed by atoms with Crippen molar-refractivity contribution in [2.24, 2.45) is 0 Å². The van der Waals surface area contributed by atoms with Crippen LogP contribution in [0.15, 0.2) is 84.9 Å². The Hall–Kier alpha value is -3.70. The van der Waals surface area contributed by atoms with Crippen LogP contribution in [0.5, 0.6) is 0 Å². The highest BCUT2D eigenvalue weighted by molar-refractivity contribution is 5.94. The van der Waals surface area contributed by atoms with Crippen LogP contribution >= 0.6 is 0 Å². The van der Waals surface area contributed by atoms with Gasteiger partial charge >= 0.3 is 0 Å². The third-order valence-corrected chi connectivity index (χ3v) is 7.18. The Kier molecular flexibility index (Phi) is 10.3. The molecule has 0 radical (unpaired) electrons. The molecule has 3 aromatic rings. The zero-order valence-corrected chi connectivity index (χ0v) is 22.4. The summed E-state index contributed by atoms with van der Waals surface area (Å²) in [5.74, 6) is 0.173. The highest BCUT2D eigenvalue weighted by Gasteiger charge is 2.21. The van der Waals surface area contributed by atoms with Crippen LogP contribution in [-0.4, -0.2) is 61.4 Å². The van der Waals surface area contributed by atoms with E-state index in [2.05, 4.69) is 70.9 Å². The Bertz CT molecular complexity index is 1180. The number of carbonyl (C=O) groups excluding carboxylic acids is 2. The summed E-state index contributed by atoms with van der Waals surface area (Å²) < 4.78 is 0. The first-order valence-electron chi connectivity index (χ1n) is 13.7. The van der Waals surface area contributed by atoms with E-state index in [4.69, 9.17) is 0 Å². The number of hydrogen-bond donors (Lipinski definition) is 1. The molecule has 4 rings (SSSR count). The van der Waals surface area contributed by atoms with Crippen molar-refractivity contribution in [3.05, 3.63) is 113 Å². The summed E-state index contributed by atoms with van der Waals surface area (Å²) in [6.07, 6.45) is 9.06. The zero-order chi connectivity index (χ0) is 26.6. The SMILES string of the molecule is CNC(=O)Cc1ccc(CCCCc2ccc(C(=O)N3CCN(C/C=C/c4ccccc4)CC3)cc2)cc1. The topological polar surface area (TPSA) is 52.7 Å². The fourth-order valence-electron chi connectivity index (χ4n) is 4.79. The van der Waals surface area contributed by atoms with Crippen LogP contribution in [-0.2, 0) is 24.1 Å².